The van der Waals surface area contributed by atoms with Crippen LogP contribution in [-0.4, -0.2) is 36.4 Å². The van der Waals surface area contributed by atoms with Crippen molar-refractivity contribution < 1.29 is 4.79 Å². The fraction of sp³-hybridized carbons (Fsp3) is 0.333. The maximum Gasteiger partial charge on any atom is 0.220 e. The lowest BCUT2D eigenvalue weighted by molar-refractivity contribution is -0.121. The van der Waals surface area contributed by atoms with Crippen molar-refractivity contribution in [2.24, 2.45) is 0 Å². The van der Waals surface area contributed by atoms with E-state index in [-0.39, 0.29) is 5.91 Å². The molecule has 0 aliphatic heterocycles. The van der Waals surface area contributed by atoms with Crippen LogP contribution < -0.4 is 5.32 Å². The van der Waals surface area contributed by atoms with Gasteiger partial charge in [0.05, 0.1) is 11.4 Å². The molecule has 28 heavy (non-hydrogen) atoms. The fourth-order valence-electron chi connectivity index (χ4n) is 3.57. The zero-order valence-corrected chi connectivity index (χ0v) is 16.4. The third kappa shape index (κ3) is 3.60. The Hall–Kier alpha value is -3.22. The Bertz CT molecular complexity index is 1120. The number of imidazole rings is 1. The summed E-state index contributed by atoms with van der Waals surface area (Å²) in [6.07, 6.45) is 5.77. The first-order valence-electron chi connectivity index (χ1n) is 9.53. The van der Waals surface area contributed by atoms with E-state index in [1.807, 2.05) is 66.3 Å². The zero-order chi connectivity index (χ0) is 19.7. The Balaban J connectivity index is 1.33. The number of pyridine rings is 1. The Morgan fingerprint density at radius 2 is 1.96 bits per heavy atom. The van der Waals surface area contributed by atoms with Crippen molar-refractivity contribution in [1.29, 1.82) is 0 Å². The molecule has 0 radical (unpaired) electrons. The molecule has 7 heteroatoms. The van der Waals surface area contributed by atoms with E-state index >= 15 is 0 Å². The standard InChI is InChI=1S/C21H24N6O/c1-14-12-20-23-15(2)18(16(3)27(20)25-14)7-8-21(28)22-10-9-17-13-26-11-5-4-6-19(26)24-17/h4-6,11-13H,7-10H2,1-3H3,(H,22,28). The topological polar surface area (TPSA) is 76.6 Å². The van der Waals surface area contributed by atoms with Crippen LogP contribution in [0.1, 0.15) is 34.8 Å². The summed E-state index contributed by atoms with van der Waals surface area (Å²) in [6.45, 7) is 6.56. The molecule has 0 bridgehead atoms. The van der Waals surface area contributed by atoms with Gasteiger partial charge in [-0.2, -0.15) is 5.10 Å². The van der Waals surface area contributed by atoms with Crippen molar-refractivity contribution in [1.82, 2.24) is 29.3 Å². The second kappa shape index (κ2) is 7.42. The fourth-order valence-corrected chi connectivity index (χ4v) is 3.57. The lowest BCUT2D eigenvalue weighted by Crippen LogP contribution is -2.26. The van der Waals surface area contributed by atoms with Gasteiger partial charge in [0.1, 0.15) is 5.65 Å². The van der Waals surface area contributed by atoms with Crippen molar-refractivity contribution in [3.05, 3.63) is 65.0 Å². The highest BCUT2D eigenvalue weighted by Gasteiger charge is 2.13. The average Bonchev–Trinajstić information content (AvgIpc) is 3.24. The van der Waals surface area contributed by atoms with Gasteiger partial charge in [-0.15, -0.1) is 0 Å². The number of hydrogen-bond acceptors (Lipinski definition) is 4. The number of nitrogens with one attached hydrogen (secondary N) is 1. The van der Waals surface area contributed by atoms with Crippen LogP contribution in [0.5, 0.6) is 0 Å². The van der Waals surface area contributed by atoms with Gasteiger partial charge < -0.3 is 9.72 Å². The third-order valence-electron chi connectivity index (χ3n) is 5.01. The van der Waals surface area contributed by atoms with Gasteiger partial charge in [-0.25, -0.2) is 14.5 Å². The number of aryl methyl sites for hydroxylation is 3. The minimum Gasteiger partial charge on any atom is -0.356 e. The summed E-state index contributed by atoms with van der Waals surface area (Å²) in [7, 11) is 0. The van der Waals surface area contributed by atoms with E-state index in [2.05, 4.69) is 20.4 Å². The quantitative estimate of drug-likeness (QED) is 0.561. The predicted molar refractivity (Wildman–Crippen MR) is 107 cm³/mol. The molecule has 0 saturated heterocycles. The predicted octanol–water partition coefficient (Wildman–Crippen LogP) is 2.59. The highest BCUT2D eigenvalue weighted by Crippen LogP contribution is 2.17. The molecule has 4 aromatic heterocycles. The Morgan fingerprint density at radius 1 is 1.11 bits per heavy atom. The molecule has 144 valence electrons. The molecule has 0 aliphatic rings. The summed E-state index contributed by atoms with van der Waals surface area (Å²) in [5.74, 6) is 0.0410. The Labute approximate surface area is 163 Å². The number of nitrogens with zero attached hydrogens (tertiary/aromatic N) is 5. The van der Waals surface area contributed by atoms with E-state index in [4.69, 9.17) is 0 Å². The van der Waals surface area contributed by atoms with Gasteiger partial charge in [0, 0.05) is 49.2 Å². The van der Waals surface area contributed by atoms with Crippen LogP contribution in [0.3, 0.4) is 0 Å². The Morgan fingerprint density at radius 3 is 2.79 bits per heavy atom. The Kier molecular flexibility index (Phi) is 4.81. The van der Waals surface area contributed by atoms with E-state index in [1.165, 1.54) is 0 Å². The normalized spacial score (nSPS) is 11.4. The van der Waals surface area contributed by atoms with Gasteiger partial charge in [-0.05, 0) is 44.9 Å². The molecule has 1 amide bonds. The van der Waals surface area contributed by atoms with Gasteiger partial charge in [-0.1, -0.05) is 6.07 Å². The molecular weight excluding hydrogens is 352 g/mol. The van der Waals surface area contributed by atoms with Crippen LogP contribution in [0.2, 0.25) is 0 Å². The summed E-state index contributed by atoms with van der Waals surface area (Å²) in [4.78, 5) is 21.5. The first-order valence-corrected chi connectivity index (χ1v) is 9.53. The van der Waals surface area contributed by atoms with Crippen molar-refractivity contribution >= 4 is 17.2 Å². The molecule has 0 saturated carbocycles. The number of hydrogen-bond donors (Lipinski definition) is 1. The maximum absolute atomic E-state index is 12.3. The van der Waals surface area contributed by atoms with E-state index in [0.29, 0.717) is 25.8 Å². The first-order chi connectivity index (χ1) is 13.5. The zero-order valence-electron chi connectivity index (χ0n) is 16.4. The number of carbonyl (C=O) groups excluding carboxylic acids is 1. The monoisotopic (exact) mass is 376 g/mol. The highest BCUT2D eigenvalue weighted by atomic mass is 16.1. The van der Waals surface area contributed by atoms with Gasteiger partial charge in [0.15, 0.2) is 5.65 Å². The first kappa shape index (κ1) is 18.2. The summed E-state index contributed by atoms with van der Waals surface area (Å²) in [6, 6.07) is 7.88. The summed E-state index contributed by atoms with van der Waals surface area (Å²) < 4.78 is 3.85. The molecule has 0 spiro atoms. The summed E-state index contributed by atoms with van der Waals surface area (Å²) in [5, 5.41) is 7.48. The van der Waals surface area contributed by atoms with Crippen molar-refractivity contribution in [2.45, 2.75) is 40.0 Å². The number of aromatic nitrogens is 5. The van der Waals surface area contributed by atoms with Crippen LogP contribution in [-0.2, 0) is 17.6 Å². The van der Waals surface area contributed by atoms with Gasteiger partial charge in [0.2, 0.25) is 5.91 Å². The number of fused-ring (bicyclic) bond motifs is 2. The molecule has 4 rings (SSSR count). The lowest BCUT2D eigenvalue weighted by Gasteiger charge is -2.11. The third-order valence-corrected chi connectivity index (χ3v) is 5.01. The molecule has 7 nitrogen and oxygen atoms in total. The molecule has 0 unspecified atom stereocenters. The largest absolute Gasteiger partial charge is 0.356 e. The molecule has 0 aliphatic carbocycles. The van der Waals surface area contributed by atoms with Crippen LogP contribution in [0.4, 0.5) is 0 Å². The molecule has 1 N–H and O–H groups in total. The average molecular weight is 376 g/mol. The van der Waals surface area contributed by atoms with Crippen molar-refractivity contribution in [3.63, 3.8) is 0 Å². The van der Waals surface area contributed by atoms with Crippen molar-refractivity contribution in [2.75, 3.05) is 6.54 Å². The summed E-state index contributed by atoms with van der Waals surface area (Å²) in [5.41, 5.74) is 6.79. The second-order valence-electron chi connectivity index (χ2n) is 7.12. The van der Waals surface area contributed by atoms with E-state index < -0.39 is 0 Å². The lowest BCUT2D eigenvalue weighted by atomic mass is 10.1. The SMILES string of the molecule is Cc1cc2nc(C)c(CCC(=O)NCCc3cn4ccccc4n3)c(C)n2n1. The van der Waals surface area contributed by atoms with E-state index in [1.54, 1.807) is 0 Å². The number of rotatable bonds is 6. The maximum atomic E-state index is 12.3. The summed E-state index contributed by atoms with van der Waals surface area (Å²) >= 11 is 0. The second-order valence-corrected chi connectivity index (χ2v) is 7.12. The number of amides is 1. The van der Waals surface area contributed by atoms with Gasteiger partial charge in [0.25, 0.3) is 0 Å². The highest BCUT2D eigenvalue weighted by molar-refractivity contribution is 5.76. The van der Waals surface area contributed by atoms with E-state index in [0.717, 1.165) is 39.6 Å². The van der Waals surface area contributed by atoms with E-state index in [9.17, 15) is 4.79 Å². The molecular formula is C21H24N6O. The van der Waals surface area contributed by atoms with Crippen LogP contribution >= 0.6 is 0 Å². The van der Waals surface area contributed by atoms with Gasteiger partial charge in [-0.3, -0.25) is 4.79 Å². The van der Waals surface area contributed by atoms with Gasteiger partial charge >= 0.3 is 0 Å². The molecule has 0 atom stereocenters. The van der Waals surface area contributed by atoms with Crippen molar-refractivity contribution in [3.8, 4) is 0 Å². The smallest absolute Gasteiger partial charge is 0.220 e. The minimum absolute atomic E-state index is 0.0410. The molecule has 4 aromatic rings. The van der Waals surface area contributed by atoms with Crippen LogP contribution in [0.15, 0.2) is 36.7 Å². The molecule has 0 aromatic carbocycles. The number of carbonyl (C=O) groups is 1. The van der Waals surface area contributed by atoms with Crippen LogP contribution in [0.25, 0.3) is 11.3 Å². The minimum atomic E-state index is 0.0410. The molecule has 0 fully saturated rings. The van der Waals surface area contributed by atoms with Crippen LogP contribution in [0, 0.1) is 20.8 Å². The molecule has 4 heterocycles.